The van der Waals surface area contributed by atoms with Crippen LogP contribution in [0.2, 0.25) is 0 Å². The van der Waals surface area contributed by atoms with Crippen molar-refractivity contribution in [1.29, 1.82) is 0 Å². The Kier molecular flexibility index (Phi) is 6.88. The monoisotopic (exact) mass is 505 g/mol. The van der Waals surface area contributed by atoms with Crippen molar-refractivity contribution in [3.8, 4) is 11.3 Å². The van der Waals surface area contributed by atoms with Crippen LogP contribution in [0.1, 0.15) is 71.9 Å². The van der Waals surface area contributed by atoms with E-state index in [0.29, 0.717) is 35.7 Å². The van der Waals surface area contributed by atoms with Crippen LogP contribution in [-0.2, 0) is 4.74 Å². The van der Waals surface area contributed by atoms with Crippen molar-refractivity contribution in [1.82, 2.24) is 19.5 Å². The van der Waals surface area contributed by atoms with Crippen molar-refractivity contribution < 1.29 is 19.1 Å². The van der Waals surface area contributed by atoms with Gasteiger partial charge in [0.25, 0.3) is 11.8 Å². The third-order valence-corrected chi connectivity index (χ3v) is 5.93. The Labute approximate surface area is 214 Å². The number of hydrogen-bond donors (Lipinski definition) is 3. The smallest absolute Gasteiger partial charge is 0.410 e. The molecule has 0 bridgehead atoms. The molecule has 4 rings (SSSR count). The van der Waals surface area contributed by atoms with Crippen LogP contribution in [0.15, 0.2) is 42.6 Å². The number of imidazole rings is 1. The molecule has 3 aromatic rings. The summed E-state index contributed by atoms with van der Waals surface area (Å²) in [4.78, 5) is 48.2. The molecule has 1 aromatic carbocycles. The van der Waals surface area contributed by atoms with Crippen LogP contribution < -0.4 is 16.9 Å². The van der Waals surface area contributed by atoms with E-state index >= 15 is 0 Å². The zero-order valence-electron chi connectivity index (χ0n) is 21.3. The third kappa shape index (κ3) is 5.55. The van der Waals surface area contributed by atoms with Gasteiger partial charge in [0.15, 0.2) is 11.5 Å². The summed E-state index contributed by atoms with van der Waals surface area (Å²) in [5.41, 5.74) is 7.20. The van der Waals surface area contributed by atoms with Crippen LogP contribution in [0.25, 0.3) is 11.3 Å². The summed E-state index contributed by atoms with van der Waals surface area (Å²) in [5, 5.41) is 2.76. The number of ether oxygens (including phenoxy) is 1. The fraction of sp³-hybridized carbons (Fsp3) is 0.346. The highest BCUT2D eigenvalue weighted by atomic mass is 16.6. The minimum atomic E-state index is -0.759. The van der Waals surface area contributed by atoms with Crippen molar-refractivity contribution in [3.05, 3.63) is 65.2 Å². The van der Waals surface area contributed by atoms with E-state index in [1.807, 2.05) is 13.0 Å². The van der Waals surface area contributed by atoms with Crippen molar-refractivity contribution in [2.75, 3.05) is 17.7 Å². The zero-order valence-corrected chi connectivity index (χ0v) is 21.3. The number of anilines is 1. The second-order valence-corrected chi connectivity index (χ2v) is 9.98. The molecule has 0 spiro atoms. The summed E-state index contributed by atoms with van der Waals surface area (Å²) in [6, 6.07) is 9.69. The lowest BCUT2D eigenvalue weighted by molar-refractivity contribution is 0.0217. The number of benzene rings is 1. The summed E-state index contributed by atoms with van der Waals surface area (Å²) in [5.74, 6) is 5.98. The average Bonchev–Trinajstić information content (AvgIpc) is 3.42. The van der Waals surface area contributed by atoms with Gasteiger partial charge >= 0.3 is 6.09 Å². The molecule has 0 saturated carbocycles. The summed E-state index contributed by atoms with van der Waals surface area (Å²) in [7, 11) is 0. The number of nitrogens with one attached hydrogen (secondary N) is 1. The lowest BCUT2D eigenvalue weighted by atomic mass is 10.1. The molecule has 11 nitrogen and oxygen atoms in total. The topological polar surface area (TPSA) is 158 Å². The van der Waals surface area contributed by atoms with Crippen molar-refractivity contribution >= 4 is 23.7 Å². The zero-order chi connectivity index (χ0) is 26.9. The highest BCUT2D eigenvalue weighted by Crippen LogP contribution is 2.35. The van der Waals surface area contributed by atoms with E-state index in [0.717, 1.165) is 16.7 Å². The predicted molar refractivity (Wildman–Crippen MR) is 138 cm³/mol. The molecule has 0 radical (unpaired) electrons. The van der Waals surface area contributed by atoms with Gasteiger partial charge in [-0.2, -0.15) is 0 Å². The molecule has 11 heteroatoms. The van der Waals surface area contributed by atoms with Gasteiger partial charge in [-0.3, -0.25) is 14.5 Å². The number of aromatic nitrogens is 3. The maximum absolute atomic E-state index is 12.8. The van der Waals surface area contributed by atoms with Gasteiger partial charge in [0.2, 0.25) is 0 Å². The molecule has 1 saturated heterocycles. The molecule has 1 aliphatic rings. The fourth-order valence-electron chi connectivity index (χ4n) is 4.27. The maximum atomic E-state index is 12.8. The largest absolute Gasteiger partial charge is 0.444 e. The highest BCUT2D eigenvalue weighted by Gasteiger charge is 2.37. The number of pyridine rings is 1. The number of primary amides is 1. The molecule has 3 heterocycles. The quantitative estimate of drug-likeness (QED) is 0.448. The number of nitrogen functional groups attached to an aromatic ring is 1. The van der Waals surface area contributed by atoms with Gasteiger partial charge in [-0.15, -0.1) is 0 Å². The van der Waals surface area contributed by atoms with Crippen LogP contribution >= 0.6 is 0 Å². The van der Waals surface area contributed by atoms with E-state index in [1.165, 1.54) is 0 Å². The van der Waals surface area contributed by atoms with Gasteiger partial charge < -0.3 is 21.6 Å². The number of nitrogens with zero attached hydrogens (tertiary/aromatic N) is 4. The molecule has 5 N–H and O–H groups in total. The lowest BCUT2D eigenvalue weighted by Gasteiger charge is -2.28. The van der Waals surface area contributed by atoms with Gasteiger partial charge in [-0.1, -0.05) is 12.1 Å². The van der Waals surface area contributed by atoms with Crippen LogP contribution in [0.3, 0.4) is 0 Å². The second-order valence-electron chi connectivity index (χ2n) is 9.98. The third-order valence-electron chi connectivity index (χ3n) is 5.93. The first-order chi connectivity index (χ1) is 17.4. The standard InChI is InChI=1S/C26H31N7O4/c1-15-11-12-29-19(14-15)30-24(35)17-9-7-16(8-10-17)20-21(22(27)34)33(28)23(31-20)18-6-5-13-32(18)25(36)37-26(2,3)4/h7-12,14,18H,5-6,13,28H2,1-4H3,(H2,27,34)(H,29,30,35). The van der Waals surface area contributed by atoms with E-state index in [1.54, 1.807) is 62.2 Å². The molecule has 37 heavy (non-hydrogen) atoms. The van der Waals surface area contributed by atoms with Gasteiger partial charge in [0.05, 0.1) is 6.04 Å². The van der Waals surface area contributed by atoms with Gasteiger partial charge in [-0.05, 0) is 70.4 Å². The molecule has 194 valence electrons. The normalized spacial score (nSPS) is 15.5. The molecular formula is C26H31N7O4. The minimum absolute atomic E-state index is 0.00667. The Bertz CT molecular complexity index is 1340. The Hall–Kier alpha value is -4.41. The molecule has 1 atom stereocenters. The van der Waals surface area contributed by atoms with Crippen molar-refractivity contribution in [3.63, 3.8) is 0 Å². The van der Waals surface area contributed by atoms with Crippen LogP contribution in [0, 0.1) is 6.92 Å². The molecule has 2 aromatic heterocycles. The Morgan fingerprint density at radius 3 is 2.46 bits per heavy atom. The minimum Gasteiger partial charge on any atom is -0.444 e. The van der Waals surface area contributed by atoms with Gasteiger partial charge in [0.1, 0.15) is 17.1 Å². The number of hydrogen-bond acceptors (Lipinski definition) is 7. The number of carbonyl (C=O) groups is 3. The average molecular weight is 506 g/mol. The van der Waals surface area contributed by atoms with E-state index in [4.69, 9.17) is 16.3 Å². The van der Waals surface area contributed by atoms with Crippen LogP contribution in [0.5, 0.6) is 0 Å². The first kappa shape index (κ1) is 25.7. The Balaban J connectivity index is 1.62. The van der Waals surface area contributed by atoms with E-state index in [-0.39, 0.29) is 17.3 Å². The highest BCUT2D eigenvalue weighted by molar-refractivity contribution is 6.04. The van der Waals surface area contributed by atoms with Crippen molar-refractivity contribution in [2.24, 2.45) is 5.73 Å². The Morgan fingerprint density at radius 1 is 1.14 bits per heavy atom. The van der Waals surface area contributed by atoms with Gasteiger partial charge in [-0.25, -0.2) is 19.4 Å². The summed E-state index contributed by atoms with van der Waals surface area (Å²) >= 11 is 0. The Morgan fingerprint density at radius 2 is 1.84 bits per heavy atom. The number of rotatable bonds is 5. The molecule has 3 amide bonds. The summed E-state index contributed by atoms with van der Waals surface area (Å²) < 4.78 is 6.69. The van der Waals surface area contributed by atoms with E-state index in [2.05, 4.69) is 15.3 Å². The lowest BCUT2D eigenvalue weighted by Crippen LogP contribution is -2.38. The molecule has 0 aliphatic carbocycles. The number of amides is 3. The maximum Gasteiger partial charge on any atom is 0.410 e. The molecule has 1 fully saturated rings. The van der Waals surface area contributed by atoms with Gasteiger partial charge in [0, 0.05) is 23.9 Å². The number of carbonyl (C=O) groups excluding carboxylic acids is 3. The SMILES string of the molecule is Cc1ccnc(NC(=O)c2ccc(-c3nc(C4CCCN4C(=O)OC(C)(C)C)n(N)c3C(N)=O)cc2)c1. The first-order valence-corrected chi connectivity index (χ1v) is 12.0. The molecule has 1 aliphatic heterocycles. The first-order valence-electron chi connectivity index (χ1n) is 12.0. The van der Waals surface area contributed by atoms with E-state index < -0.39 is 23.6 Å². The summed E-state index contributed by atoms with van der Waals surface area (Å²) in [6.07, 6.45) is 2.49. The fourth-order valence-corrected chi connectivity index (χ4v) is 4.27. The molecule has 1 unspecified atom stereocenters. The number of nitrogens with two attached hydrogens (primary N) is 2. The van der Waals surface area contributed by atoms with Crippen molar-refractivity contribution in [2.45, 2.75) is 52.2 Å². The van der Waals surface area contributed by atoms with E-state index in [9.17, 15) is 14.4 Å². The summed E-state index contributed by atoms with van der Waals surface area (Å²) in [6.45, 7) is 7.78. The van der Waals surface area contributed by atoms with Crippen LogP contribution in [-0.4, -0.2) is 49.6 Å². The predicted octanol–water partition coefficient (Wildman–Crippen LogP) is 3.39. The number of likely N-dealkylation sites (tertiary alicyclic amines) is 1. The second kappa shape index (κ2) is 9.92. The molecular weight excluding hydrogens is 474 g/mol. The number of aryl methyl sites for hydroxylation is 1. The van der Waals surface area contributed by atoms with Crippen LogP contribution in [0.4, 0.5) is 10.6 Å².